The Bertz CT molecular complexity index is 1640. The highest BCUT2D eigenvalue weighted by Gasteiger charge is 2.31. The second-order valence-corrected chi connectivity index (χ2v) is 11.6. The number of nitrogens with zero attached hydrogens (tertiary/aromatic N) is 3. The summed E-state index contributed by atoms with van der Waals surface area (Å²) < 4.78 is 41.2. The molecule has 1 saturated carbocycles. The van der Waals surface area contributed by atoms with E-state index in [0.717, 1.165) is 71.2 Å². The number of carbonyl (C=O) groups is 1. The van der Waals surface area contributed by atoms with E-state index in [1.807, 2.05) is 69.2 Å². The summed E-state index contributed by atoms with van der Waals surface area (Å²) in [6.07, 6.45) is -0.877. The molecule has 2 amide bonds. The van der Waals surface area contributed by atoms with Crippen LogP contribution in [0.2, 0.25) is 0 Å². The average molecular weight is 622 g/mol. The molecule has 0 bridgehead atoms. The third-order valence-electron chi connectivity index (χ3n) is 7.79. The van der Waals surface area contributed by atoms with Crippen molar-refractivity contribution in [3.05, 3.63) is 77.4 Å². The minimum absolute atomic E-state index is 0.274. The third-order valence-corrected chi connectivity index (χ3v) is 7.79. The van der Waals surface area contributed by atoms with E-state index in [0.29, 0.717) is 29.9 Å². The Morgan fingerprint density at radius 2 is 1.62 bits per heavy atom. The molecule has 0 unspecified atom stereocenters. The van der Waals surface area contributed by atoms with Gasteiger partial charge >= 0.3 is 12.4 Å². The molecule has 5 rings (SSSR count). The van der Waals surface area contributed by atoms with Gasteiger partial charge in [-0.2, -0.15) is 4.98 Å². The van der Waals surface area contributed by atoms with Crippen molar-refractivity contribution in [3.63, 3.8) is 0 Å². The van der Waals surface area contributed by atoms with Crippen LogP contribution >= 0.6 is 0 Å². The van der Waals surface area contributed by atoms with Gasteiger partial charge in [0.15, 0.2) is 0 Å². The number of alkyl halides is 3. The minimum atomic E-state index is -4.78. The maximum Gasteiger partial charge on any atom is 0.573 e. The first kappa shape index (κ1) is 31.8. The highest BCUT2D eigenvalue weighted by molar-refractivity contribution is 6.00. The zero-order valence-electron chi connectivity index (χ0n) is 25.8. The zero-order chi connectivity index (χ0) is 32.1. The Labute approximate surface area is 260 Å². The quantitative estimate of drug-likeness (QED) is 0.155. The fourth-order valence-corrected chi connectivity index (χ4v) is 5.73. The van der Waals surface area contributed by atoms with Gasteiger partial charge in [-0.25, -0.2) is 9.78 Å². The SMILES string of the molecule is Cc1cc(C)c(NC(=O)Nc2ccc(OC(F)(F)F)cc2)c(CN[C@H]2CC[C@@H](Nc3nc(N(C)C)c4ccccc4n3)CC2)c1. The van der Waals surface area contributed by atoms with Crippen LogP contribution in [0.1, 0.15) is 42.4 Å². The predicted octanol–water partition coefficient (Wildman–Crippen LogP) is 7.37. The summed E-state index contributed by atoms with van der Waals surface area (Å²) in [5, 5.41) is 13.8. The summed E-state index contributed by atoms with van der Waals surface area (Å²) in [6.45, 7) is 4.52. The van der Waals surface area contributed by atoms with Crippen LogP contribution in [0, 0.1) is 13.8 Å². The fraction of sp³-hybridized carbons (Fsp3) is 0.364. The number of benzene rings is 3. The van der Waals surface area contributed by atoms with Crippen LogP contribution in [0.4, 0.5) is 41.1 Å². The Hall–Kier alpha value is -4.58. The van der Waals surface area contributed by atoms with Crippen molar-refractivity contribution < 1.29 is 22.7 Å². The van der Waals surface area contributed by atoms with Gasteiger partial charge in [0.2, 0.25) is 5.95 Å². The van der Waals surface area contributed by atoms with Crippen LogP contribution in [0.25, 0.3) is 10.9 Å². The Balaban J connectivity index is 1.16. The lowest BCUT2D eigenvalue weighted by atomic mass is 9.91. The van der Waals surface area contributed by atoms with Crippen LogP contribution in [-0.4, -0.2) is 48.5 Å². The first-order valence-electron chi connectivity index (χ1n) is 14.9. The van der Waals surface area contributed by atoms with E-state index in [4.69, 9.17) is 9.97 Å². The van der Waals surface area contributed by atoms with Crippen LogP contribution < -0.4 is 30.9 Å². The monoisotopic (exact) mass is 621 g/mol. The van der Waals surface area contributed by atoms with Crippen LogP contribution in [0.5, 0.6) is 5.75 Å². The average Bonchev–Trinajstić information content (AvgIpc) is 2.98. The summed E-state index contributed by atoms with van der Waals surface area (Å²) in [7, 11) is 3.97. The number of fused-ring (bicyclic) bond motifs is 1. The molecular formula is C33H38F3N7O2. The number of ether oxygens (including phenoxy) is 1. The highest BCUT2D eigenvalue weighted by atomic mass is 19.4. The van der Waals surface area contributed by atoms with Gasteiger partial charge in [-0.3, -0.25) is 0 Å². The number of aryl methyl sites for hydroxylation is 2. The summed E-state index contributed by atoms with van der Waals surface area (Å²) in [4.78, 5) is 24.4. The fourth-order valence-electron chi connectivity index (χ4n) is 5.73. The molecule has 0 spiro atoms. The number of rotatable bonds is 9. The van der Waals surface area contributed by atoms with Crippen molar-refractivity contribution in [2.75, 3.05) is 34.9 Å². The molecule has 238 valence electrons. The highest BCUT2D eigenvalue weighted by Crippen LogP contribution is 2.28. The number of amides is 2. The van der Waals surface area contributed by atoms with Gasteiger partial charge < -0.3 is 30.9 Å². The number of hydrogen-bond donors (Lipinski definition) is 4. The number of nitrogens with one attached hydrogen (secondary N) is 4. The molecule has 1 heterocycles. The van der Waals surface area contributed by atoms with Crippen LogP contribution in [-0.2, 0) is 6.54 Å². The van der Waals surface area contributed by atoms with Gasteiger partial charge in [-0.05, 0) is 87.1 Å². The first-order valence-corrected chi connectivity index (χ1v) is 14.9. The van der Waals surface area contributed by atoms with Crippen molar-refractivity contribution in [2.24, 2.45) is 0 Å². The number of anilines is 4. The number of hydrogen-bond acceptors (Lipinski definition) is 7. The molecule has 0 saturated heterocycles. The molecule has 4 N–H and O–H groups in total. The van der Waals surface area contributed by atoms with Gasteiger partial charge in [0.05, 0.1) is 5.52 Å². The largest absolute Gasteiger partial charge is 0.573 e. The lowest BCUT2D eigenvalue weighted by molar-refractivity contribution is -0.274. The molecule has 0 atom stereocenters. The molecule has 4 aromatic rings. The Morgan fingerprint density at radius 3 is 2.31 bits per heavy atom. The lowest BCUT2D eigenvalue weighted by Crippen LogP contribution is -2.37. The lowest BCUT2D eigenvalue weighted by Gasteiger charge is -2.30. The molecule has 1 aliphatic rings. The molecular weight excluding hydrogens is 583 g/mol. The molecule has 1 aliphatic carbocycles. The molecule has 1 aromatic heterocycles. The van der Waals surface area contributed by atoms with Gasteiger partial charge in [0, 0.05) is 49.5 Å². The standard InChI is InChI=1S/C33H38F3N7O2/c1-20-17-21(2)29(41-32(44)39-25-13-15-26(16-14-25)45-33(34,35)36)22(18-20)19-37-23-9-11-24(12-10-23)38-31-40-28-8-6-5-7-27(28)30(42-31)43(3)4/h5-8,13-18,23-24,37H,9-12,19H2,1-4H3,(H,38,40,42)(H2,39,41,44)/t23-,24+. The number of para-hydroxylation sites is 1. The molecule has 1 fully saturated rings. The summed E-state index contributed by atoms with van der Waals surface area (Å²) in [5.74, 6) is 1.17. The second kappa shape index (κ2) is 13.6. The van der Waals surface area contributed by atoms with E-state index in [2.05, 4.69) is 26.0 Å². The van der Waals surface area contributed by atoms with Gasteiger partial charge in [0.25, 0.3) is 0 Å². The van der Waals surface area contributed by atoms with E-state index >= 15 is 0 Å². The van der Waals surface area contributed by atoms with Crippen molar-refractivity contribution in [1.82, 2.24) is 15.3 Å². The smallest absolute Gasteiger partial charge is 0.406 e. The minimum Gasteiger partial charge on any atom is -0.406 e. The normalized spacial score (nSPS) is 16.7. The number of aromatic nitrogens is 2. The van der Waals surface area contributed by atoms with Gasteiger partial charge in [0.1, 0.15) is 11.6 Å². The van der Waals surface area contributed by atoms with Gasteiger partial charge in [-0.15, -0.1) is 13.2 Å². The zero-order valence-corrected chi connectivity index (χ0v) is 25.8. The Kier molecular flexibility index (Phi) is 9.62. The Morgan fingerprint density at radius 1 is 0.933 bits per heavy atom. The number of carbonyl (C=O) groups excluding carboxylic acids is 1. The van der Waals surface area contributed by atoms with Crippen molar-refractivity contribution in [3.8, 4) is 5.75 Å². The molecule has 9 nitrogen and oxygen atoms in total. The number of halogens is 3. The molecule has 12 heteroatoms. The van der Waals surface area contributed by atoms with E-state index in [1.165, 1.54) is 12.1 Å². The van der Waals surface area contributed by atoms with Crippen molar-refractivity contribution in [2.45, 2.75) is 64.5 Å². The van der Waals surface area contributed by atoms with Crippen LogP contribution in [0.15, 0.2) is 60.7 Å². The summed E-state index contributed by atoms with van der Waals surface area (Å²) >= 11 is 0. The first-order chi connectivity index (χ1) is 21.4. The number of urea groups is 1. The van der Waals surface area contributed by atoms with Crippen LogP contribution in [0.3, 0.4) is 0 Å². The molecule has 0 aliphatic heterocycles. The van der Waals surface area contributed by atoms with E-state index in [1.54, 1.807) is 0 Å². The summed E-state index contributed by atoms with van der Waals surface area (Å²) in [6, 6.07) is 17.2. The predicted molar refractivity (Wildman–Crippen MR) is 172 cm³/mol. The van der Waals surface area contributed by atoms with E-state index in [9.17, 15) is 18.0 Å². The third kappa shape index (κ3) is 8.53. The van der Waals surface area contributed by atoms with E-state index in [-0.39, 0.29) is 11.8 Å². The topological polar surface area (TPSA) is 103 Å². The second-order valence-electron chi connectivity index (χ2n) is 11.6. The molecule has 0 radical (unpaired) electrons. The molecule has 45 heavy (non-hydrogen) atoms. The van der Waals surface area contributed by atoms with Crippen molar-refractivity contribution >= 4 is 40.1 Å². The molecule has 3 aromatic carbocycles. The maximum atomic E-state index is 12.8. The summed E-state index contributed by atoms with van der Waals surface area (Å²) in [5.41, 5.74) is 4.89. The maximum absolute atomic E-state index is 12.8. The van der Waals surface area contributed by atoms with Crippen molar-refractivity contribution in [1.29, 1.82) is 0 Å². The van der Waals surface area contributed by atoms with Gasteiger partial charge in [-0.1, -0.05) is 29.8 Å². The van der Waals surface area contributed by atoms with E-state index < -0.39 is 12.4 Å².